The highest BCUT2D eigenvalue weighted by Crippen LogP contribution is 2.38. The van der Waals surface area contributed by atoms with Crippen molar-refractivity contribution in [2.45, 2.75) is 38.1 Å². The van der Waals surface area contributed by atoms with Crippen molar-refractivity contribution in [1.29, 1.82) is 0 Å². The van der Waals surface area contributed by atoms with Gasteiger partial charge in [-0.25, -0.2) is 0 Å². The molecule has 1 amide bonds. The van der Waals surface area contributed by atoms with E-state index >= 15 is 0 Å². The van der Waals surface area contributed by atoms with E-state index in [1.165, 1.54) is 0 Å². The SMILES string of the molecule is O=C(NCc1ccc([C@H]2O[C@@H](CSCCO)C[C@@H](c3ccc(CO)cc3)O2)cc1)c1ccccc1. The van der Waals surface area contributed by atoms with Gasteiger partial charge in [-0.3, -0.25) is 4.79 Å². The maximum absolute atomic E-state index is 12.3. The normalized spacial score (nSPS) is 19.9. The molecular formula is C28H31NO5S. The Morgan fingerprint density at radius 3 is 2.26 bits per heavy atom. The molecule has 0 unspecified atom stereocenters. The molecule has 0 aliphatic carbocycles. The second kappa shape index (κ2) is 12.9. The van der Waals surface area contributed by atoms with Gasteiger partial charge in [0.2, 0.25) is 0 Å². The number of hydrogen-bond acceptors (Lipinski definition) is 6. The van der Waals surface area contributed by atoms with Crippen molar-refractivity contribution in [2.75, 3.05) is 18.1 Å². The number of amides is 1. The minimum atomic E-state index is -0.515. The zero-order valence-corrected chi connectivity index (χ0v) is 20.3. The maximum Gasteiger partial charge on any atom is 0.251 e. The van der Waals surface area contributed by atoms with E-state index in [0.717, 1.165) is 34.4 Å². The Labute approximate surface area is 210 Å². The van der Waals surface area contributed by atoms with Crippen LogP contribution < -0.4 is 5.32 Å². The van der Waals surface area contributed by atoms with Gasteiger partial charge in [-0.2, -0.15) is 11.8 Å². The van der Waals surface area contributed by atoms with E-state index in [9.17, 15) is 9.90 Å². The summed E-state index contributed by atoms with van der Waals surface area (Å²) >= 11 is 1.67. The number of carbonyl (C=O) groups is 1. The molecule has 0 radical (unpaired) electrons. The third kappa shape index (κ3) is 7.16. The first-order valence-electron chi connectivity index (χ1n) is 11.8. The van der Waals surface area contributed by atoms with Crippen molar-refractivity contribution in [3.63, 3.8) is 0 Å². The first-order chi connectivity index (χ1) is 17.2. The number of carbonyl (C=O) groups excluding carboxylic acids is 1. The molecule has 1 fully saturated rings. The van der Waals surface area contributed by atoms with Crippen molar-refractivity contribution in [3.05, 3.63) is 107 Å². The van der Waals surface area contributed by atoms with Gasteiger partial charge in [0, 0.05) is 35.6 Å². The van der Waals surface area contributed by atoms with Crippen molar-refractivity contribution in [2.24, 2.45) is 0 Å². The van der Waals surface area contributed by atoms with Gasteiger partial charge in [0.1, 0.15) is 0 Å². The second-order valence-corrected chi connectivity index (χ2v) is 9.59. The van der Waals surface area contributed by atoms with E-state index in [2.05, 4.69) is 5.32 Å². The van der Waals surface area contributed by atoms with Crippen LogP contribution in [0.25, 0.3) is 0 Å². The molecule has 3 aromatic carbocycles. The van der Waals surface area contributed by atoms with Crippen molar-refractivity contribution in [1.82, 2.24) is 5.32 Å². The number of rotatable bonds is 10. The molecule has 6 nitrogen and oxygen atoms in total. The molecule has 0 aromatic heterocycles. The summed E-state index contributed by atoms with van der Waals surface area (Å²) in [6, 6.07) is 24.9. The van der Waals surface area contributed by atoms with Crippen LogP contribution in [0.3, 0.4) is 0 Å². The Bertz CT molecular complexity index is 1060. The van der Waals surface area contributed by atoms with Gasteiger partial charge >= 0.3 is 0 Å². The average molecular weight is 494 g/mol. The lowest BCUT2D eigenvalue weighted by molar-refractivity contribution is -0.245. The Morgan fingerprint density at radius 1 is 0.886 bits per heavy atom. The van der Waals surface area contributed by atoms with Gasteiger partial charge < -0.3 is 25.0 Å². The van der Waals surface area contributed by atoms with Gasteiger partial charge in [-0.1, -0.05) is 66.7 Å². The molecule has 0 spiro atoms. The number of aliphatic hydroxyl groups excluding tert-OH is 2. The van der Waals surface area contributed by atoms with Crippen LogP contribution in [0.4, 0.5) is 0 Å². The van der Waals surface area contributed by atoms with Gasteiger partial charge in [-0.05, 0) is 28.8 Å². The zero-order valence-electron chi connectivity index (χ0n) is 19.5. The van der Waals surface area contributed by atoms with E-state index < -0.39 is 6.29 Å². The maximum atomic E-state index is 12.3. The Morgan fingerprint density at radius 2 is 1.57 bits per heavy atom. The van der Waals surface area contributed by atoms with Gasteiger partial charge in [0.05, 0.1) is 25.4 Å². The number of hydrogen-bond donors (Lipinski definition) is 3. The predicted molar refractivity (Wildman–Crippen MR) is 137 cm³/mol. The molecule has 1 heterocycles. The van der Waals surface area contributed by atoms with Gasteiger partial charge in [-0.15, -0.1) is 0 Å². The Kier molecular flexibility index (Phi) is 9.34. The number of ether oxygens (including phenoxy) is 2. The third-order valence-electron chi connectivity index (χ3n) is 5.90. The lowest BCUT2D eigenvalue weighted by Gasteiger charge is -2.36. The minimum Gasteiger partial charge on any atom is -0.396 e. The van der Waals surface area contributed by atoms with Crippen LogP contribution >= 0.6 is 11.8 Å². The summed E-state index contributed by atoms with van der Waals surface area (Å²) in [4.78, 5) is 12.3. The fourth-order valence-corrected chi connectivity index (χ4v) is 4.74. The number of thioether (sulfide) groups is 1. The number of nitrogens with one attached hydrogen (secondary N) is 1. The lowest BCUT2D eigenvalue weighted by Crippen LogP contribution is -2.31. The van der Waals surface area contributed by atoms with Gasteiger partial charge in [0.25, 0.3) is 5.91 Å². The smallest absolute Gasteiger partial charge is 0.251 e. The summed E-state index contributed by atoms with van der Waals surface area (Å²) in [5, 5.41) is 21.4. The molecule has 1 aliphatic rings. The molecular weight excluding hydrogens is 462 g/mol. The van der Waals surface area contributed by atoms with E-state index in [1.807, 2.05) is 66.7 Å². The van der Waals surface area contributed by atoms with Crippen molar-refractivity contribution >= 4 is 17.7 Å². The van der Waals surface area contributed by atoms with E-state index in [0.29, 0.717) is 17.9 Å². The Balaban J connectivity index is 1.42. The highest BCUT2D eigenvalue weighted by molar-refractivity contribution is 7.99. The lowest BCUT2D eigenvalue weighted by atomic mass is 10.0. The van der Waals surface area contributed by atoms with Crippen LogP contribution in [0.15, 0.2) is 78.9 Å². The summed E-state index contributed by atoms with van der Waals surface area (Å²) in [6.07, 6.45) is 0.0550. The summed E-state index contributed by atoms with van der Waals surface area (Å²) in [5.41, 5.74) is 4.45. The number of benzene rings is 3. The van der Waals surface area contributed by atoms with Gasteiger partial charge in [0.15, 0.2) is 6.29 Å². The molecule has 35 heavy (non-hydrogen) atoms. The largest absolute Gasteiger partial charge is 0.396 e. The quantitative estimate of drug-likeness (QED) is 0.363. The zero-order chi connectivity index (χ0) is 24.5. The molecule has 3 atom stereocenters. The predicted octanol–water partition coefficient (Wildman–Crippen LogP) is 4.38. The Hall–Kier alpha value is -2.68. The molecule has 1 saturated heterocycles. The molecule has 7 heteroatoms. The van der Waals surface area contributed by atoms with Crippen LogP contribution in [0.1, 0.15) is 51.4 Å². The van der Waals surface area contributed by atoms with Crippen molar-refractivity contribution < 1.29 is 24.5 Å². The second-order valence-electron chi connectivity index (χ2n) is 8.44. The molecule has 0 saturated carbocycles. The van der Waals surface area contributed by atoms with Crippen LogP contribution in [-0.4, -0.2) is 40.3 Å². The first-order valence-corrected chi connectivity index (χ1v) is 12.9. The molecule has 184 valence electrons. The van der Waals surface area contributed by atoms with E-state index in [-0.39, 0.29) is 31.3 Å². The summed E-state index contributed by atoms with van der Waals surface area (Å²) in [5.74, 6) is 1.34. The fraction of sp³-hybridized carbons (Fsp3) is 0.321. The molecule has 0 bridgehead atoms. The first kappa shape index (κ1) is 25.4. The van der Waals surface area contributed by atoms with Crippen LogP contribution in [0.5, 0.6) is 0 Å². The number of aliphatic hydroxyl groups is 2. The highest BCUT2D eigenvalue weighted by Gasteiger charge is 2.32. The third-order valence-corrected chi connectivity index (χ3v) is 6.97. The van der Waals surface area contributed by atoms with Crippen LogP contribution in [-0.2, 0) is 22.6 Å². The average Bonchev–Trinajstić information content (AvgIpc) is 2.92. The monoisotopic (exact) mass is 493 g/mol. The molecule has 3 N–H and O–H groups in total. The summed E-state index contributed by atoms with van der Waals surface area (Å²) in [7, 11) is 0. The molecule has 4 rings (SSSR count). The topological polar surface area (TPSA) is 88.0 Å². The molecule has 1 aliphatic heterocycles. The van der Waals surface area contributed by atoms with E-state index in [4.69, 9.17) is 14.6 Å². The highest BCUT2D eigenvalue weighted by atomic mass is 32.2. The fourth-order valence-electron chi connectivity index (χ4n) is 3.97. The van der Waals surface area contributed by atoms with Crippen molar-refractivity contribution in [3.8, 4) is 0 Å². The summed E-state index contributed by atoms with van der Waals surface area (Å²) in [6.45, 7) is 0.586. The summed E-state index contributed by atoms with van der Waals surface area (Å²) < 4.78 is 12.6. The standard InChI is InChI=1S/C28H31NO5S/c30-14-15-35-19-25-16-26(22-10-8-21(18-31)9-11-22)34-28(33-25)24-12-6-20(7-13-24)17-29-27(32)23-4-2-1-3-5-23/h1-13,25-26,28,30-31H,14-19H2,(H,29,32)/t25-,26+,28+/m1/s1. The van der Waals surface area contributed by atoms with E-state index in [1.54, 1.807) is 23.9 Å². The minimum absolute atomic E-state index is 0.0100. The molecule has 3 aromatic rings. The van der Waals surface area contributed by atoms with Crippen LogP contribution in [0, 0.1) is 0 Å². The van der Waals surface area contributed by atoms with Crippen LogP contribution in [0.2, 0.25) is 0 Å².